The molecule has 1 N–H and O–H groups in total. The molecule has 2 aliphatic heterocycles. The zero-order valence-electron chi connectivity index (χ0n) is 18.6. The highest BCUT2D eigenvalue weighted by molar-refractivity contribution is 6.04. The van der Waals surface area contributed by atoms with Gasteiger partial charge in [-0.2, -0.15) is 0 Å². The lowest BCUT2D eigenvalue weighted by Crippen LogP contribution is -2.47. The number of phenols is 1. The van der Waals surface area contributed by atoms with Crippen molar-refractivity contribution in [3.8, 4) is 17.2 Å². The first-order chi connectivity index (χ1) is 17.2. The molecule has 164 valence electrons. The molecular formula is C32H18O3. The Balaban J connectivity index is 1.59. The summed E-state index contributed by atoms with van der Waals surface area (Å²) in [6.07, 6.45) is 0. The van der Waals surface area contributed by atoms with Gasteiger partial charge in [0.2, 0.25) is 0 Å². The molecule has 0 saturated heterocycles. The van der Waals surface area contributed by atoms with Gasteiger partial charge in [-0.15, -0.1) is 0 Å². The molecule has 3 aliphatic rings. The van der Waals surface area contributed by atoms with Crippen LogP contribution in [0.1, 0.15) is 22.3 Å². The zero-order chi connectivity index (χ0) is 22.9. The number of ether oxygens (including phenoxy) is 2. The first-order valence-electron chi connectivity index (χ1n) is 11.9. The van der Waals surface area contributed by atoms with Gasteiger partial charge in [0.1, 0.15) is 22.7 Å². The first kappa shape index (κ1) is 17.9. The Morgan fingerprint density at radius 1 is 0.543 bits per heavy atom. The Bertz CT molecular complexity index is 1930. The fourth-order valence-electron chi connectivity index (χ4n) is 7.11. The second kappa shape index (κ2) is 5.59. The van der Waals surface area contributed by atoms with E-state index in [0.717, 1.165) is 44.3 Å². The van der Waals surface area contributed by atoms with Crippen LogP contribution in [-0.4, -0.2) is 5.11 Å². The summed E-state index contributed by atoms with van der Waals surface area (Å²) in [6, 6.07) is 35.3. The predicted molar refractivity (Wildman–Crippen MR) is 136 cm³/mol. The molecule has 3 heteroatoms. The van der Waals surface area contributed by atoms with Gasteiger partial charge in [0.05, 0.1) is 0 Å². The summed E-state index contributed by atoms with van der Waals surface area (Å²) in [5, 5.41) is 17.3. The van der Waals surface area contributed by atoms with Crippen LogP contribution < -0.4 is 9.47 Å². The third kappa shape index (κ3) is 1.76. The largest absolute Gasteiger partial charge is 0.508 e. The van der Waals surface area contributed by atoms with Crippen LogP contribution in [0, 0.1) is 0 Å². The lowest BCUT2D eigenvalue weighted by atomic mass is 9.66. The molecule has 0 amide bonds. The van der Waals surface area contributed by atoms with E-state index >= 15 is 0 Å². The van der Waals surface area contributed by atoms with Crippen molar-refractivity contribution in [2.24, 2.45) is 0 Å². The Labute approximate surface area is 200 Å². The van der Waals surface area contributed by atoms with Crippen LogP contribution >= 0.6 is 0 Å². The molecule has 0 fully saturated rings. The molecule has 2 unspecified atom stereocenters. The minimum absolute atomic E-state index is 0.241. The van der Waals surface area contributed by atoms with E-state index in [0.29, 0.717) is 0 Å². The monoisotopic (exact) mass is 450 g/mol. The van der Waals surface area contributed by atoms with Gasteiger partial charge >= 0.3 is 0 Å². The Hall–Kier alpha value is -4.50. The van der Waals surface area contributed by atoms with Gasteiger partial charge in [-0.05, 0) is 62.1 Å². The molecular weight excluding hydrogens is 432 g/mol. The fourth-order valence-corrected chi connectivity index (χ4v) is 7.11. The molecule has 1 aliphatic carbocycles. The summed E-state index contributed by atoms with van der Waals surface area (Å²) in [5.41, 5.74) is 3.72. The summed E-state index contributed by atoms with van der Waals surface area (Å²) >= 11 is 0. The number of rotatable bonds is 0. The number of aromatic hydroxyl groups is 1. The quantitative estimate of drug-likeness (QED) is 0.267. The van der Waals surface area contributed by atoms with Crippen LogP contribution in [0.3, 0.4) is 0 Å². The molecule has 6 aromatic rings. The molecule has 9 rings (SSSR count). The van der Waals surface area contributed by atoms with Crippen LogP contribution in [0.25, 0.3) is 32.3 Å². The van der Waals surface area contributed by atoms with Crippen LogP contribution in [0.5, 0.6) is 17.2 Å². The van der Waals surface area contributed by atoms with Crippen molar-refractivity contribution in [2.45, 2.75) is 11.2 Å². The number of hydrogen-bond acceptors (Lipinski definition) is 3. The van der Waals surface area contributed by atoms with E-state index in [1.165, 1.54) is 21.7 Å². The van der Waals surface area contributed by atoms with E-state index in [2.05, 4.69) is 84.9 Å². The molecule has 3 nitrogen and oxygen atoms in total. The van der Waals surface area contributed by atoms with Gasteiger partial charge in [0, 0.05) is 16.7 Å². The maximum Gasteiger partial charge on any atom is 0.296 e. The summed E-state index contributed by atoms with van der Waals surface area (Å²) < 4.78 is 14.0. The molecule has 0 spiro atoms. The van der Waals surface area contributed by atoms with Crippen molar-refractivity contribution in [1.29, 1.82) is 0 Å². The third-order valence-corrected chi connectivity index (χ3v) is 8.27. The van der Waals surface area contributed by atoms with E-state index in [-0.39, 0.29) is 5.75 Å². The Kier molecular flexibility index (Phi) is 2.86. The van der Waals surface area contributed by atoms with E-state index in [4.69, 9.17) is 9.47 Å². The van der Waals surface area contributed by atoms with Gasteiger partial charge in [-0.25, -0.2) is 0 Å². The summed E-state index contributed by atoms with van der Waals surface area (Å²) in [6.45, 7) is 0. The van der Waals surface area contributed by atoms with Crippen molar-refractivity contribution in [3.05, 3.63) is 125 Å². The maximum absolute atomic E-state index is 10.6. The Morgan fingerprint density at radius 3 is 1.97 bits per heavy atom. The van der Waals surface area contributed by atoms with Crippen molar-refractivity contribution < 1.29 is 14.6 Å². The van der Waals surface area contributed by atoms with Crippen molar-refractivity contribution >= 4 is 32.3 Å². The lowest BCUT2D eigenvalue weighted by molar-refractivity contribution is -0.113. The first-order valence-corrected chi connectivity index (χ1v) is 11.9. The van der Waals surface area contributed by atoms with Crippen LogP contribution in [-0.2, 0) is 11.2 Å². The molecule has 0 bridgehead atoms. The van der Waals surface area contributed by atoms with Crippen molar-refractivity contribution in [1.82, 2.24) is 0 Å². The van der Waals surface area contributed by atoms with Crippen LogP contribution in [0.15, 0.2) is 103 Å². The second-order valence-electron chi connectivity index (χ2n) is 9.78. The number of phenolic OH excluding ortho intramolecular Hbond substituents is 1. The zero-order valence-corrected chi connectivity index (χ0v) is 18.6. The van der Waals surface area contributed by atoms with Crippen molar-refractivity contribution in [2.75, 3.05) is 0 Å². The van der Waals surface area contributed by atoms with Gasteiger partial charge in [-0.3, -0.25) is 0 Å². The third-order valence-electron chi connectivity index (χ3n) is 8.27. The van der Waals surface area contributed by atoms with E-state index in [1.807, 2.05) is 12.1 Å². The van der Waals surface area contributed by atoms with E-state index in [1.54, 1.807) is 6.07 Å². The highest BCUT2D eigenvalue weighted by Gasteiger charge is 2.74. The number of hydrogen-bond donors (Lipinski definition) is 1. The minimum Gasteiger partial charge on any atom is -0.508 e. The van der Waals surface area contributed by atoms with E-state index in [9.17, 15) is 5.11 Å². The fraction of sp³-hybridized carbons (Fsp3) is 0.0625. The standard InChI is InChI=1S/C32H18O3/c33-21-14-11-19-13-16-27-30(23(19)17-21)31-24-9-3-6-20-7-4-10-25(28(20)24)32(31,35-27)34-26-15-12-18-5-1-2-8-22(18)29(26)31/h1-17,33H. The van der Waals surface area contributed by atoms with Crippen LogP contribution in [0.2, 0.25) is 0 Å². The minimum atomic E-state index is -1.05. The molecule has 6 aromatic carbocycles. The summed E-state index contributed by atoms with van der Waals surface area (Å²) in [5.74, 6) is 0.835. The molecule has 0 aromatic heterocycles. The smallest absolute Gasteiger partial charge is 0.296 e. The number of benzene rings is 6. The maximum atomic E-state index is 10.6. The SMILES string of the molecule is Oc1ccc2ccc3c(c2c1)C12c4c(ccc5ccccc45)OC1(O3)c1cccc3cccc2c13. The van der Waals surface area contributed by atoms with Crippen molar-refractivity contribution in [3.63, 3.8) is 0 Å². The molecule has 0 radical (unpaired) electrons. The lowest BCUT2D eigenvalue weighted by Gasteiger charge is -2.33. The van der Waals surface area contributed by atoms with Gasteiger partial charge in [0.15, 0.2) is 0 Å². The predicted octanol–water partition coefficient (Wildman–Crippen LogP) is 7.14. The molecule has 35 heavy (non-hydrogen) atoms. The molecule has 2 atom stereocenters. The average molecular weight is 450 g/mol. The molecule has 0 saturated carbocycles. The second-order valence-corrected chi connectivity index (χ2v) is 9.78. The summed E-state index contributed by atoms with van der Waals surface area (Å²) in [4.78, 5) is 0. The highest BCUT2D eigenvalue weighted by Crippen LogP contribution is 2.73. The highest BCUT2D eigenvalue weighted by atomic mass is 16.7. The summed E-state index contributed by atoms with van der Waals surface area (Å²) in [7, 11) is 0. The average Bonchev–Trinajstić information content (AvgIpc) is 3.43. The van der Waals surface area contributed by atoms with Gasteiger partial charge in [-0.1, -0.05) is 78.9 Å². The Morgan fingerprint density at radius 2 is 1.17 bits per heavy atom. The van der Waals surface area contributed by atoms with Gasteiger partial charge < -0.3 is 14.6 Å². The molecule has 2 heterocycles. The number of fused-ring (bicyclic) bond motifs is 6. The van der Waals surface area contributed by atoms with Gasteiger partial charge in [0.25, 0.3) is 5.79 Å². The normalized spacial score (nSPS) is 22.5. The van der Waals surface area contributed by atoms with E-state index < -0.39 is 11.2 Å². The topological polar surface area (TPSA) is 38.7 Å². The van der Waals surface area contributed by atoms with Crippen LogP contribution in [0.4, 0.5) is 0 Å².